The number of rotatable bonds is 12. The Kier molecular flexibility index (Phi) is 11.0. The monoisotopic (exact) mass is 579 g/mol. The number of halogens is 5. The van der Waals surface area contributed by atoms with E-state index in [9.17, 15) is 35.6 Å². The molecular formula is C25H30ClF4N3O4S. The van der Waals surface area contributed by atoms with Crippen molar-refractivity contribution in [1.29, 1.82) is 0 Å². The van der Waals surface area contributed by atoms with Crippen molar-refractivity contribution in [2.75, 3.05) is 23.7 Å². The van der Waals surface area contributed by atoms with E-state index in [1.807, 2.05) is 6.92 Å². The van der Waals surface area contributed by atoms with Crippen molar-refractivity contribution in [1.82, 2.24) is 10.2 Å². The zero-order chi connectivity index (χ0) is 28.7. The van der Waals surface area contributed by atoms with Crippen LogP contribution in [0.2, 0.25) is 5.02 Å². The molecule has 0 fully saturated rings. The van der Waals surface area contributed by atoms with E-state index in [1.165, 1.54) is 24.3 Å². The van der Waals surface area contributed by atoms with Crippen molar-refractivity contribution in [2.24, 2.45) is 0 Å². The second kappa shape index (κ2) is 13.3. The van der Waals surface area contributed by atoms with Crippen LogP contribution in [-0.4, -0.2) is 50.5 Å². The number of hydrogen-bond donors (Lipinski definition) is 1. The number of amides is 2. The number of benzene rings is 2. The number of sulfonamides is 1. The summed E-state index contributed by atoms with van der Waals surface area (Å²) in [5.41, 5.74) is -1.21. The molecule has 0 heterocycles. The quantitative estimate of drug-likeness (QED) is 0.284. The molecule has 0 unspecified atom stereocenters. The molecule has 2 amide bonds. The van der Waals surface area contributed by atoms with E-state index in [0.717, 1.165) is 29.7 Å². The van der Waals surface area contributed by atoms with Gasteiger partial charge in [-0.25, -0.2) is 12.8 Å². The maximum absolute atomic E-state index is 13.5. The molecule has 210 valence electrons. The summed E-state index contributed by atoms with van der Waals surface area (Å²) in [6.07, 6.45) is -2.42. The van der Waals surface area contributed by atoms with Crippen molar-refractivity contribution in [3.63, 3.8) is 0 Å². The minimum atomic E-state index is -4.86. The molecule has 1 N–H and O–H groups in total. The molecule has 0 spiro atoms. The van der Waals surface area contributed by atoms with E-state index >= 15 is 0 Å². The molecule has 1 atom stereocenters. The highest BCUT2D eigenvalue weighted by Crippen LogP contribution is 2.37. The van der Waals surface area contributed by atoms with Gasteiger partial charge >= 0.3 is 6.18 Å². The molecule has 2 aromatic rings. The summed E-state index contributed by atoms with van der Waals surface area (Å²) in [4.78, 5) is 27.6. The smallest absolute Gasteiger partial charge is 0.354 e. The van der Waals surface area contributed by atoms with E-state index in [4.69, 9.17) is 11.6 Å². The summed E-state index contributed by atoms with van der Waals surface area (Å²) in [5.74, 6) is -1.81. The second-order valence-corrected chi connectivity index (χ2v) is 11.0. The average molecular weight is 580 g/mol. The minimum Gasteiger partial charge on any atom is -0.354 e. The molecule has 0 aliphatic carbocycles. The highest BCUT2D eigenvalue weighted by Gasteiger charge is 2.36. The van der Waals surface area contributed by atoms with Crippen LogP contribution in [0, 0.1) is 5.82 Å². The lowest BCUT2D eigenvalue weighted by molar-refractivity contribution is -0.140. The summed E-state index contributed by atoms with van der Waals surface area (Å²) in [7, 11) is -4.25. The number of alkyl halides is 3. The van der Waals surface area contributed by atoms with Crippen molar-refractivity contribution < 1.29 is 35.6 Å². The van der Waals surface area contributed by atoms with Crippen LogP contribution in [-0.2, 0) is 32.3 Å². The van der Waals surface area contributed by atoms with E-state index in [0.29, 0.717) is 28.9 Å². The molecule has 0 saturated carbocycles. The van der Waals surface area contributed by atoms with Crippen LogP contribution in [0.4, 0.5) is 23.2 Å². The number of carbonyl (C=O) groups is 2. The van der Waals surface area contributed by atoms with Gasteiger partial charge in [-0.3, -0.25) is 13.9 Å². The Morgan fingerprint density at radius 1 is 1.08 bits per heavy atom. The summed E-state index contributed by atoms with van der Waals surface area (Å²) in [6, 6.07) is 6.68. The normalized spacial score (nSPS) is 12.6. The molecule has 2 rings (SSSR count). The van der Waals surface area contributed by atoms with E-state index in [-0.39, 0.29) is 13.0 Å². The van der Waals surface area contributed by atoms with Gasteiger partial charge in [0.1, 0.15) is 18.4 Å². The van der Waals surface area contributed by atoms with E-state index in [1.54, 1.807) is 6.92 Å². The van der Waals surface area contributed by atoms with Gasteiger partial charge in [-0.1, -0.05) is 44.0 Å². The molecule has 0 aromatic heterocycles. The van der Waals surface area contributed by atoms with Gasteiger partial charge in [0.05, 0.1) is 22.5 Å². The molecule has 0 radical (unpaired) electrons. The lowest BCUT2D eigenvalue weighted by atomic mass is 10.1. The standard InChI is InChI=1S/C25H30ClF4N3O4S/c1-4-6-13-31-24(35)22(5-2)32(15-17-7-9-18(27)10-8-17)23(34)16-33(38(3,36)37)19-11-12-21(26)20(14-19)25(28,29)30/h7-12,14,22H,4-6,13,15-16H2,1-3H3,(H,31,35)/t22-/m1/s1. The van der Waals surface area contributed by atoms with Crippen LogP contribution in [0.3, 0.4) is 0 Å². The van der Waals surface area contributed by atoms with Gasteiger partial charge in [-0.05, 0) is 48.7 Å². The number of nitrogens with zero attached hydrogens (tertiary/aromatic N) is 2. The number of unbranched alkanes of at least 4 members (excludes halogenated alkanes) is 1. The molecule has 38 heavy (non-hydrogen) atoms. The van der Waals surface area contributed by atoms with Crippen LogP contribution in [0.15, 0.2) is 42.5 Å². The van der Waals surface area contributed by atoms with Crippen molar-refractivity contribution >= 4 is 39.1 Å². The molecule has 2 aromatic carbocycles. The van der Waals surface area contributed by atoms with Gasteiger partial charge in [-0.2, -0.15) is 13.2 Å². The molecule has 7 nitrogen and oxygen atoms in total. The molecular weight excluding hydrogens is 550 g/mol. The third-order valence-corrected chi connectivity index (χ3v) is 7.17. The zero-order valence-electron chi connectivity index (χ0n) is 21.2. The Balaban J connectivity index is 2.48. The maximum Gasteiger partial charge on any atom is 0.417 e. The fourth-order valence-electron chi connectivity index (χ4n) is 3.71. The Bertz CT molecular complexity index is 1220. The number of carbonyl (C=O) groups excluding carboxylic acids is 2. The van der Waals surface area contributed by atoms with Crippen LogP contribution >= 0.6 is 11.6 Å². The Morgan fingerprint density at radius 3 is 2.24 bits per heavy atom. The third kappa shape index (κ3) is 8.59. The van der Waals surface area contributed by atoms with Crippen molar-refractivity contribution in [2.45, 2.75) is 51.9 Å². The molecule has 13 heteroatoms. The highest BCUT2D eigenvalue weighted by atomic mass is 35.5. The SMILES string of the molecule is CCCCNC(=O)[C@@H](CC)N(Cc1ccc(F)cc1)C(=O)CN(c1ccc(Cl)c(C(F)(F)F)c1)S(C)(=O)=O. The number of anilines is 1. The predicted octanol–water partition coefficient (Wildman–Crippen LogP) is 4.99. The van der Waals surface area contributed by atoms with Gasteiger partial charge < -0.3 is 10.2 Å². The third-order valence-electron chi connectivity index (χ3n) is 5.70. The van der Waals surface area contributed by atoms with E-state index in [2.05, 4.69) is 5.32 Å². The molecule has 0 saturated heterocycles. The summed E-state index contributed by atoms with van der Waals surface area (Å²) in [5, 5.41) is 2.12. The first-order chi connectivity index (χ1) is 17.7. The van der Waals surface area contributed by atoms with Crippen LogP contribution in [0.25, 0.3) is 0 Å². The van der Waals surface area contributed by atoms with Gasteiger partial charge in [-0.15, -0.1) is 0 Å². The van der Waals surface area contributed by atoms with Crippen molar-refractivity contribution in [3.8, 4) is 0 Å². The first-order valence-electron chi connectivity index (χ1n) is 11.8. The molecule has 0 aliphatic heterocycles. The maximum atomic E-state index is 13.5. The fraction of sp³-hybridized carbons (Fsp3) is 0.440. The highest BCUT2D eigenvalue weighted by molar-refractivity contribution is 7.92. The lowest BCUT2D eigenvalue weighted by Crippen LogP contribution is -2.52. The van der Waals surface area contributed by atoms with Gasteiger partial charge in [0.2, 0.25) is 21.8 Å². The summed E-state index contributed by atoms with van der Waals surface area (Å²) >= 11 is 5.67. The van der Waals surface area contributed by atoms with Crippen LogP contribution in [0.1, 0.15) is 44.2 Å². The Morgan fingerprint density at radius 2 is 1.71 bits per heavy atom. The van der Waals surface area contributed by atoms with E-state index < -0.39 is 62.7 Å². The number of nitrogens with one attached hydrogen (secondary N) is 1. The van der Waals surface area contributed by atoms with Crippen LogP contribution < -0.4 is 9.62 Å². The summed E-state index contributed by atoms with van der Waals surface area (Å²) < 4.78 is 79.4. The fourth-order valence-corrected chi connectivity index (χ4v) is 4.78. The summed E-state index contributed by atoms with van der Waals surface area (Å²) in [6.45, 7) is 2.93. The topological polar surface area (TPSA) is 86.8 Å². The first-order valence-corrected chi connectivity index (χ1v) is 14.1. The second-order valence-electron chi connectivity index (χ2n) is 8.65. The van der Waals surface area contributed by atoms with Gasteiger partial charge in [0.25, 0.3) is 0 Å². The Labute approximate surface area is 224 Å². The van der Waals surface area contributed by atoms with Gasteiger partial charge in [0, 0.05) is 13.1 Å². The zero-order valence-corrected chi connectivity index (χ0v) is 22.8. The predicted molar refractivity (Wildman–Crippen MR) is 138 cm³/mol. The Hall–Kier alpha value is -2.86. The van der Waals surface area contributed by atoms with Crippen LogP contribution in [0.5, 0.6) is 0 Å². The first kappa shape index (κ1) is 31.4. The minimum absolute atomic E-state index is 0.162. The number of hydrogen-bond acceptors (Lipinski definition) is 4. The van der Waals surface area contributed by atoms with Crippen molar-refractivity contribution in [3.05, 3.63) is 64.4 Å². The lowest BCUT2D eigenvalue weighted by Gasteiger charge is -2.33. The average Bonchev–Trinajstić information content (AvgIpc) is 2.82. The molecule has 0 bridgehead atoms. The molecule has 0 aliphatic rings. The largest absolute Gasteiger partial charge is 0.417 e. The van der Waals surface area contributed by atoms with Gasteiger partial charge in [0.15, 0.2) is 0 Å².